The smallest absolute Gasteiger partial charge is 0.127 e. The molecule has 0 saturated heterocycles. The molecule has 1 aromatic rings. The van der Waals surface area contributed by atoms with E-state index in [1.54, 1.807) is 26.0 Å². The van der Waals surface area contributed by atoms with Crippen molar-refractivity contribution in [1.29, 1.82) is 0 Å². The van der Waals surface area contributed by atoms with Crippen molar-refractivity contribution < 1.29 is 14.6 Å². The summed E-state index contributed by atoms with van der Waals surface area (Å²) in [6.45, 7) is 0.230. The second-order valence-corrected chi connectivity index (χ2v) is 5.02. The lowest BCUT2D eigenvalue weighted by atomic mass is 10.1. The van der Waals surface area contributed by atoms with Crippen molar-refractivity contribution in [3.8, 4) is 11.5 Å². The molecule has 0 saturated carbocycles. The van der Waals surface area contributed by atoms with E-state index in [1.165, 1.54) is 0 Å². The van der Waals surface area contributed by atoms with Crippen molar-refractivity contribution >= 4 is 11.8 Å². The number of hydrogen-bond acceptors (Lipinski definition) is 5. The number of rotatable bonds is 8. The Morgan fingerprint density at radius 1 is 1.33 bits per heavy atom. The average molecular weight is 271 g/mol. The fraction of sp³-hybridized carbons (Fsp3) is 0.538. The van der Waals surface area contributed by atoms with Gasteiger partial charge in [-0.3, -0.25) is 0 Å². The molecule has 0 spiro atoms. The van der Waals surface area contributed by atoms with Gasteiger partial charge in [0.05, 0.1) is 14.2 Å². The van der Waals surface area contributed by atoms with Crippen LogP contribution in [0.3, 0.4) is 0 Å². The fourth-order valence-electron chi connectivity index (χ4n) is 1.59. The summed E-state index contributed by atoms with van der Waals surface area (Å²) < 4.78 is 10.5. The molecule has 0 aromatic heterocycles. The van der Waals surface area contributed by atoms with Crippen LogP contribution in [0.25, 0.3) is 0 Å². The summed E-state index contributed by atoms with van der Waals surface area (Å²) in [5, 5.41) is 8.71. The van der Waals surface area contributed by atoms with E-state index in [1.807, 2.05) is 18.2 Å². The predicted octanol–water partition coefficient (Wildman–Crippen LogP) is 1.82. The number of methoxy groups -OCH3 is 2. The van der Waals surface area contributed by atoms with Crippen LogP contribution in [0.4, 0.5) is 0 Å². The molecule has 0 aliphatic heterocycles. The first-order valence-electron chi connectivity index (χ1n) is 5.89. The molecule has 0 heterocycles. The van der Waals surface area contributed by atoms with Crippen LogP contribution in [0, 0.1) is 0 Å². The Balaban J connectivity index is 2.63. The standard InChI is InChI=1S/C13H21NO3S/c1-16-10-4-5-11(13(8-10)17-2)12(14)9-18-7-3-6-15/h4-5,8,12,15H,3,6-7,9,14H2,1-2H3. The minimum atomic E-state index is -0.0745. The first-order chi connectivity index (χ1) is 8.72. The molecule has 1 unspecified atom stereocenters. The van der Waals surface area contributed by atoms with Crippen LogP contribution < -0.4 is 15.2 Å². The summed E-state index contributed by atoms with van der Waals surface area (Å²) in [5.74, 6) is 3.24. The van der Waals surface area contributed by atoms with Gasteiger partial charge in [0.15, 0.2) is 0 Å². The number of thioether (sulfide) groups is 1. The minimum absolute atomic E-state index is 0.0745. The molecular formula is C13H21NO3S. The van der Waals surface area contributed by atoms with E-state index in [2.05, 4.69) is 0 Å². The molecule has 3 N–H and O–H groups in total. The third kappa shape index (κ3) is 4.40. The second-order valence-electron chi connectivity index (χ2n) is 3.87. The van der Waals surface area contributed by atoms with Crippen LogP contribution in [0.1, 0.15) is 18.0 Å². The van der Waals surface area contributed by atoms with Gasteiger partial charge in [-0.2, -0.15) is 11.8 Å². The van der Waals surface area contributed by atoms with E-state index in [0.29, 0.717) is 0 Å². The molecule has 0 aliphatic rings. The van der Waals surface area contributed by atoms with Gasteiger partial charge < -0.3 is 20.3 Å². The molecule has 0 fully saturated rings. The lowest BCUT2D eigenvalue weighted by molar-refractivity contribution is 0.296. The molecule has 1 atom stereocenters. The van der Waals surface area contributed by atoms with Crippen molar-refractivity contribution in [2.75, 3.05) is 32.3 Å². The molecule has 1 rings (SSSR count). The lowest BCUT2D eigenvalue weighted by Crippen LogP contribution is -2.14. The number of aliphatic hydroxyl groups is 1. The molecule has 1 aromatic carbocycles. The van der Waals surface area contributed by atoms with Crippen LogP contribution in [0.5, 0.6) is 11.5 Å². The Labute approximate surface area is 112 Å². The summed E-state index contributed by atoms with van der Waals surface area (Å²) >= 11 is 1.74. The zero-order valence-corrected chi connectivity index (χ0v) is 11.7. The van der Waals surface area contributed by atoms with Crippen LogP contribution in [0.2, 0.25) is 0 Å². The zero-order chi connectivity index (χ0) is 13.4. The van der Waals surface area contributed by atoms with Gasteiger partial charge in [0.1, 0.15) is 11.5 Å². The summed E-state index contributed by atoms with van der Waals surface area (Å²) in [7, 11) is 3.25. The van der Waals surface area contributed by atoms with Crippen molar-refractivity contribution in [2.24, 2.45) is 5.73 Å². The van der Waals surface area contributed by atoms with Crippen LogP contribution >= 0.6 is 11.8 Å². The maximum absolute atomic E-state index is 8.71. The first-order valence-corrected chi connectivity index (χ1v) is 7.04. The number of hydrogen-bond donors (Lipinski definition) is 2. The number of aliphatic hydroxyl groups excluding tert-OH is 1. The second kappa shape index (κ2) is 8.24. The van der Waals surface area contributed by atoms with Crippen LogP contribution in [0.15, 0.2) is 18.2 Å². The summed E-state index contributed by atoms with van der Waals surface area (Å²) in [6, 6.07) is 5.59. The highest BCUT2D eigenvalue weighted by Gasteiger charge is 2.12. The highest BCUT2D eigenvalue weighted by Crippen LogP contribution is 2.29. The first kappa shape index (κ1) is 15.1. The van der Waals surface area contributed by atoms with Crippen molar-refractivity contribution in [3.63, 3.8) is 0 Å². The van der Waals surface area contributed by atoms with Gasteiger partial charge in [-0.05, 0) is 18.2 Å². The Morgan fingerprint density at radius 2 is 2.11 bits per heavy atom. The van der Waals surface area contributed by atoms with E-state index < -0.39 is 0 Å². The third-order valence-corrected chi connectivity index (χ3v) is 3.76. The largest absolute Gasteiger partial charge is 0.497 e. The molecule has 18 heavy (non-hydrogen) atoms. The molecule has 0 bridgehead atoms. The Bertz CT molecular complexity index is 360. The van der Waals surface area contributed by atoms with Gasteiger partial charge in [-0.1, -0.05) is 6.07 Å². The van der Waals surface area contributed by atoms with E-state index in [9.17, 15) is 0 Å². The van der Waals surface area contributed by atoms with Crippen molar-refractivity contribution in [1.82, 2.24) is 0 Å². The van der Waals surface area contributed by atoms with Gasteiger partial charge in [-0.25, -0.2) is 0 Å². The van der Waals surface area contributed by atoms with Gasteiger partial charge in [0.25, 0.3) is 0 Å². The Morgan fingerprint density at radius 3 is 2.72 bits per heavy atom. The highest BCUT2D eigenvalue weighted by atomic mass is 32.2. The van der Waals surface area contributed by atoms with Gasteiger partial charge in [0, 0.05) is 30.0 Å². The molecule has 0 aliphatic carbocycles. The molecule has 102 valence electrons. The number of nitrogens with two attached hydrogens (primary N) is 1. The van der Waals surface area contributed by atoms with Gasteiger partial charge in [-0.15, -0.1) is 0 Å². The lowest BCUT2D eigenvalue weighted by Gasteiger charge is -2.16. The van der Waals surface area contributed by atoms with E-state index in [-0.39, 0.29) is 12.6 Å². The van der Waals surface area contributed by atoms with Gasteiger partial charge in [0.2, 0.25) is 0 Å². The average Bonchev–Trinajstić information content (AvgIpc) is 2.42. The van der Waals surface area contributed by atoms with Crippen molar-refractivity contribution in [2.45, 2.75) is 12.5 Å². The van der Waals surface area contributed by atoms with Crippen LogP contribution in [-0.2, 0) is 0 Å². The summed E-state index contributed by atoms with van der Waals surface area (Å²) in [4.78, 5) is 0. The quantitative estimate of drug-likeness (QED) is 0.706. The highest BCUT2D eigenvalue weighted by molar-refractivity contribution is 7.99. The minimum Gasteiger partial charge on any atom is -0.497 e. The summed E-state index contributed by atoms with van der Waals surface area (Å²) in [6.07, 6.45) is 0.803. The zero-order valence-electron chi connectivity index (χ0n) is 10.9. The normalized spacial score (nSPS) is 12.2. The van der Waals surface area contributed by atoms with E-state index in [0.717, 1.165) is 35.0 Å². The molecule has 0 amide bonds. The topological polar surface area (TPSA) is 64.7 Å². The molecule has 5 heteroatoms. The van der Waals surface area contributed by atoms with Crippen molar-refractivity contribution in [3.05, 3.63) is 23.8 Å². The van der Waals surface area contributed by atoms with Crippen LogP contribution in [-0.4, -0.2) is 37.4 Å². The molecule has 4 nitrogen and oxygen atoms in total. The van der Waals surface area contributed by atoms with E-state index in [4.69, 9.17) is 20.3 Å². The fourth-order valence-corrected chi connectivity index (χ4v) is 2.52. The predicted molar refractivity (Wildman–Crippen MR) is 75.5 cm³/mol. The SMILES string of the molecule is COc1ccc(C(N)CSCCCO)c(OC)c1. The number of benzene rings is 1. The maximum atomic E-state index is 8.71. The monoisotopic (exact) mass is 271 g/mol. The van der Waals surface area contributed by atoms with E-state index >= 15 is 0 Å². The maximum Gasteiger partial charge on any atom is 0.127 e. The van der Waals surface area contributed by atoms with Gasteiger partial charge >= 0.3 is 0 Å². The molecule has 0 radical (unpaired) electrons. The third-order valence-electron chi connectivity index (χ3n) is 2.58. The summed E-state index contributed by atoms with van der Waals surface area (Å²) in [5.41, 5.74) is 7.12. The Hall–Kier alpha value is -0.910. The molecular weight excluding hydrogens is 250 g/mol. The number of ether oxygens (including phenoxy) is 2. The Kier molecular flexibility index (Phi) is 6.93.